The lowest BCUT2D eigenvalue weighted by Gasteiger charge is -2.71. The third kappa shape index (κ3) is 1.57. The van der Waals surface area contributed by atoms with Crippen LogP contribution in [0, 0.1) is 10.8 Å². The van der Waals surface area contributed by atoms with Gasteiger partial charge < -0.3 is 10.4 Å². The van der Waals surface area contributed by atoms with E-state index in [0.717, 1.165) is 19.3 Å². The molecular formula is C10H14BrNO3. The summed E-state index contributed by atoms with van der Waals surface area (Å²) in [7, 11) is 0. The summed E-state index contributed by atoms with van der Waals surface area (Å²) in [5, 5.41) is 11.3. The average Bonchev–Trinajstić information content (AvgIpc) is 2.06. The van der Waals surface area contributed by atoms with Crippen LogP contribution in [0.4, 0.5) is 4.79 Å². The zero-order valence-corrected chi connectivity index (χ0v) is 10.1. The standard InChI is InChI=1S/C10H14BrNO3/c1-9-3-10(4-9,5-9)7(6(13)2-11)12-8(14)15/h7,12H,2-5H2,1H3,(H,14,15)/t7-,9?,10?/m1/s1. The van der Waals surface area contributed by atoms with Gasteiger partial charge in [0.2, 0.25) is 0 Å². The summed E-state index contributed by atoms with van der Waals surface area (Å²) in [5.41, 5.74) is 0.309. The van der Waals surface area contributed by atoms with Crippen molar-refractivity contribution in [3.8, 4) is 0 Å². The van der Waals surface area contributed by atoms with Gasteiger partial charge in [0.05, 0.1) is 11.4 Å². The van der Waals surface area contributed by atoms with Gasteiger partial charge in [0.1, 0.15) is 0 Å². The van der Waals surface area contributed by atoms with Crippen molar-refractivity contribution in [2.45, 2.75) is 32.2 Å². The van der Waals surface area contributed by atoms with Crippen molar-refractivity contribution in [3.05, 3.63) is 0 Å². The minimum absolute atomic E-state index is 0.0563. The number of halogens is 1. The van der Waals surface area contributed by atoms with Gasteiger partial charge in [-0.1, -0.05) is 22.9 Å². The highest BCUT2D eigenvalue weighted by molar-refractivity contribution is 9.09. The van der Waals surface area contributed by atoms with E-state index in [9.17, 15) is 9.59 Å². The second-order valence-corrected chi connectivity index (χ2v) is 5.75. The molecule has 0 aliphatic heterocycles. The Kier molecular flexibility index (Phi) is 2.33. The summed E-state index contributed by atoms with van der Waals surface area (Å²) in [6.07, 6.45) is 1.82. The van der Waals surface area contributed by atoms with Gasteiger partial charge in [-0.05, 0) is 30.1 Å². The van der Waals surface area contributed by atoms with E-state index >= 15 is 0 Å². The first-order chi connectivity index (χ1) is 6.91. The number of rotatable bonds is 4. The van der Waals surface area contributed by atoms with E-state index < -0.39 is 12.1 Å². The van der Waals surface area contributed by atoms with Crippen LogP contribution in [-0.2, 0) is 4.79 Å². The van der Waals surface area contributed by atoms with Crippen molar-refractivity contribution in [3.63, 3.8) is 0 Å². The van der Waals surface area contributed by atoms with Gasteiger partial charge >= 0.3 is 6.09 Å². The summed E-state index contributed by atoms with van der Waals surface area (Å²) < 4.78 is 0. The first kappa shape index (κ1) is 10.9. The van der Waals surface area contributed by atoms with Crippen molar-refractivity contribution in [1.29, 1.82) is 0 Å². The third-order valence-corrected chi connectivity index (χ3v) is 4.22. The Morgan fingerprint density at radius 3 is 2.33 bits per heavy atom. The topological polar surface area (TPSA) is 66.4 Å². The lowest BCUT2D eigenvalue weighted by molar-refractivity contribution is -0.207. The third-order valence-electron chi connectivity index (χ3n) is 3.67. The summed E-state index contributed by atoms with van der Waals surface area (Å²) >= 11 is 3.10. The molecular weight excluding hydrogens is 262 g/mol. The molecule has 0 spiro atoms. The molecule has 1 amide bonds. The van der Waals surface area contributed by atoms with Crippen LogP contribution in [0.15, 0.2) is 0 Å². The molecule has 3 saturated carbocycles. The molecule has 0 unspecified atom stereocenters. The van der Waals surface area contributed by atoms with Crippen molar-refractivity contribution < 1.29 is 14.7 Å². The molecule has 3 aliphatic carbocycles. The SMILES string of the molecule is CC12CC([C@H](NC(=O)O)C(=O)CBr)(C1)C2. The van der Waals surface area contributed by atoms with Gasteiger partial charge in [-0.15, -0.1) is 0 Å². The number of nitrogens with one attached hydrogen (secondary N) is 1. The first-order valence-corrected chi connectivity index (χ1v) is 6.11. The fourth-order valence-electron chi connectivity index (χ4n) is 3.48. The predicted octanol–water partition coefficient (Wildman–Crippen LogP) is 1.78. The fourth-order valence-corrected chi connectivity index (χ4v) is 3.80. The number of Topliss-reactive ketones (excluding diaryl/α,β-unsaturated/α-hetero) is 1. The molecule has 0 aromatic heterocycles. The normalized spacial score (nSPS) is 38.5. The van der Waals surface area contributed by atoms with Crippen LogP contribution < -0.4 is 5.32 Å². The van der Waals surface area contributed by atoms with E-state index in [0.29, 0.717) is 5.41 Å². The molecule has 0 heterocycles. The molecule has 2 N–H and O–H groups in total. The van der Waals surface area contributed by atoms with Crippen LogP contribution in [-0.4, -0.2) is 28.4 Å². The van der Waals surface area contributed by atoms with Crippen molar-refractivity contribution in [1.82, 2.24) is 5.32 Å². The van der Waals surface area contributed by atoms with E-state index in [1.54, 1.807) is 0 Å². The second kappa shape index (κ2) is 3.20. The van der Waals surface area contributed by atoms with E-state index in [4.69, 9.17) is 5.11 Å². The van der Waals surface area contributed by atoms with E-state index in [-0.39, 0.29) is 16.5 Å². The van der Waals surface area contributed by atoms with Crippen molar-refractivity contribution >= 4 is 27.8 Å². The number of carbonyl (C=O) groups is 2. The number of alkyl halides is 1. The highest BCUT2D eigenvalue weighted by Gasteiger charge is 2.69. The zero-order valence-electron chi connectivity index (χ0n) is 8.55. The number of carbonyl (C=O) groups excluding carboxylic acids is 1. The predicted molar refractivity (Wildman–Crippen MR) is 58.1 cm³/mol. The largest absolute Gasteiger partial charge is 0.465 e. The number of ketones is 1. The van der Waals surface area contributed by atoms with E-state index in [1.807, 2.05) is 0 Å². The maximum atomic E-state index is 11.6. The molecule has 2 bridgehead atoms. The summed E-state index contributed by atoms with van der Waals surface area (Å²) in [6, 6.07) is -0.517. The lowest BCUT2D eigenvalue weighted by atomic mass is 9.33. The van der Waals surface area contributed by atoms with Crippen LogP contribution in [0.2, 0.25) is 0 Å². The van der Waals surface area contributed by atoms with Crippen LogP contribution in [0.3, 0.4) is 0 Å². The summed E-state index contributed by atoms with van der Waals surface area (Å²) in [5.74, 6) is -0.0563. The maximum Gasteiger partial charge on any atom is 0.405 e. The quantitative estimate of drug-likeness (QED) is 0.769. The van der Waals surface area contributed by atoms with Gasteiger partial charge in [0, 0.05) is 0 Å². The second-order valence-electron chi connectivity index (χ2n) is 5.19. The number of amides is 1. The van der Waals surface area contributed by atoms with Crippen LogP contribution in [0.5, 0.6) is 0 Å². The van der Waals surface area contributed by atoms with E-state index in [2.05, 4.69) is 28.2 Å². The Bertz CT molecular complexity index is 309. The molecule has 3 fully saturated rings. The molecule has 15 heavy (non-hydrogen) atoms. The Balaban J connectivity index is 2.07. The molecule has 0 radical (unpaired) electrons. The molecule has 0 aromatic carbocycles. The Labute approximate surface area is 96.5 Å². The fraction of sp³-hybridized carbons (Fsp3) is 0.800. The van der Waals surface area contributed by atoms with Gasteiger partial charge in [0.25, 0.3) is 0 Å². The molecule has 1 atom stereocenters. The number of hydrogen-bond donors (Lipinski definition) is 2. The minimum Gasteiger partial charge on any atom is -0.465 e. The number of carboxylic acid groups (broad SMARTS) is 1. The molecule has 84 valence electrons. The first-order valence-electron chi connectivity index (χ1n) is 4.99. The van der Waals surface area contributed by atoms with Gasteiger partial charge in [0.15, 0.2) is 5.78 Å². The number of hydrogen-bond acceptors (Lipinski definition) is 2. The minimum atomic E-state index is -1.11. The van der Waals surface area contributed by atoms with Gasteiger partial charge in [-0.25, -0.2) is 4.79 Å². The summed E-state index contributed by atoms with van der Waals surface area (Å²) in [4.78, 5) is 22.3. The monoisotopic (exact) mass is 275 g/mol. The van der Waals surface area contributed by atoms with Crippen LogP contribution >= 0.6 is 15.9 Å². The Hall–Kier alpha value is -0.580. The van der Waals surface area contributed by atoms with Crippen LogP contribution in [0.1, 0.15) is 26.2 Å². The molecule has 0 saturated heterocycles. The van der Waals surface area contributed by atoms with Gasteiger partial charge in [-0.3, -0.25) is 4.79 Å². The zero-order chi connectivity index (χ0) is 11.3. The molecule has 0 aromatic rings. The molecule has 3 aliphatic rings. The summed E-state index contributed by atoms with van der Waals surface area (Å²) in [6.45, 7) is 2.19. The van der Waals surface area contributed by atoms with Crippen molar-refractivity contribution in [2.24, 2.45) is 10.8 Å². The highest BCUT2D eigenvalue weighted by Crippen LogP contribution is 2.74. The highest BCUT2D eigenvalue weighted by atomic mass is 79.9. The van der Waals surface area contributed by atoms with Gasteiger partial charge in [-0.2, -0.15) is 0 Å². The Morgan fingerprint density at radius 2 is 2.00 bits per heavy atom. The molecule has 3 rings (SSSR count). The molecule has 4 nitrogen and oxygen atoms in total. The lowest BCUT2D eigenvalue weighted by Crippen LogP contribution is -2.70. The molecule has 5 heteroatoms. The van der Waals surface area contributed by atoms with Crippen LogP contribution in [0.25, 0.3) is 0 Å². The average molecular weight is 276 g/mol. The Morgan fingerprint density at radius 1 is 1.47 bits per heavy atom. The maximum absolute atomic E-state index is 11.6. The van der Waals surface area contributed by atoms with E-state index in [1.165, 1.54) is 0 Å². The van der Waals surface area contributed by atoms with Crippen molar-refractivity contribution in [2.75, 3.05) is 5.33 Å². The smallest absolute Gasteiger partial charge is 0.405 e.